The van der Waals surface area contributed by atoms with Crippen LogP contribution in [0.2, 0.25) is 0 Å². The number of cyclic esters (lactones) is 1. The van der Waals surface area contributed by atoms with E-state index in [1.54, 1.807) is 28.3 Å². The first kappa shape index (κ1) is 27.4. The van der Waals surface area contributed by atoms with E-state index in [9.17, 15) is 9.59 Å². The molecular weight excluding hydrogens is 488 g/mol. The highest BCUT2D eigenvalue weighted by molar-refractivity contribution is 5.89. The fraction of sp³-hybridized carbons (Fsp3) is 0.593. The maximum absolute atomic E-state index is 12.3. The number of carbonyl (C=O) groups excluding carboxylic acids is 2. The molecular formula is C27H38N6O5. The van der Waals surface area contributed by atoms with Crippen molar-refractivity contribution in [2.75, 3.05) is 29.9 Å². The molecule has 2 saturated heterocycles. The van der Waals surface area contributed by atoms with Gasteiger partial charge in [0, 0.05) is 44.4 Å². The zero-order chi connectivity index (χ0) is 27.4. The SMILES string of the molecule is CC(Nc1nccc(N2C(=O)OC[C@@H]2C(C)C)n1)c1ccc(OC2CCN(C(=O)OC(C)(C)C)CC2)nc1. The summed E-state index contributed by atoms with van der Waals surface area (Å²) in [7, 11) is 0. The zero-order valence-corrected chi connectivity index (χ0v) is 23.0. The minimum Gasteiger partial charge on any atom is -0.474 e. The monoisotopic (exact) mass is 526 g/mol. The molecule has 1 N–H and O–H groups in total. The predicted molar refractivity (Wildman–Crippen MR) is 142 cm³/mol. The summed E-state index contributed by atoms with van der Waals surface area (Å²) in [6.07, 6.45) is 4.15. The van der Waals surface area contributed by atoms with Gasteiger partial charge in [-0.05, 0) is 45.2 Å². The van der Waals surface area contributed by atoms with Gasteiger partial charge in [0.05, 0.1) is 12.1 Å². The molecule has 38 heavy (non-hydrogen) atoms. The van der Waals surface area contributed by atoms with Gasteiger partial charge in [0.1, 0.15) is 24.1 Å². The van der Waals surface area contributed by atoms with E-state index < -0.39 is 11.7 Å². The first-order chi connectivity index (χ1) is 18.0. The molecule has 2 aromatic heterocycles. The number of carbonyl (C=O) groups is 2. The van der Waals surface area contributed by atoms with E-state index >= 15 is 0 Å². The van der Waals surface area contributed by atoms with Gasteiger partial charge in [-0.2, -0.15) is 4.98 Å². The summed E-state index contributed by atoms with van der Waals surface area (Å²) < 4.78 is 16.8. The molecule has 4 heterocycles. The van der Waals surface area contributed by atoms with E-state index in [1.807, 2.05) is 39.8 Å². The molecule has 4 rings (SSSR count). The third-order valence-electron chi connectivity index (χ3n) is 6.55. The Morgan fingerprint density at radius 1 is 1.13 bits per heavy atom. The lowest BCUT2D eigenvalue weighted by atomic mass is 10.0. The highest BCUT2D eigenvalue weighted by Gasteiger charge is 2.37. The normalized spacial score (nSPS) is 19.3. The summed E-state index contributed by atoms with van der Waals surface area (Å²) in [6.45, 7) is 13.2. The molecule has 0 radical (unpaired) electrons. The van der Waals surface area contributed by atoms with E-state index in [2.05, 4.69) is 34.1 Å². The average Bonchev–Trinajstić information content (AvgIpc) is 3.26. The van der Waals surface area contributed by atoms with Gasteiger partial charge in [-0.25, -0.2) is 19.6 Å². The Labute approximate surface area is 223 Å². The molecule has 2 fully saturated rings. The average molecular weight is 527 g/mol. The number of piperidine rings is 1. The Balaban J connectivity index is 1.31. The van der Waals surface area contributed by atoms with Crippen LogP contribution in [0.5, 0.6) is 5.88 Å². The highest BCUT2D eigenvalue weighted by atomic mass is 16.6. The molecule has 2 atom stereocenters. The van der Waals surface area contributed by atoms with Crippen molar-refractivity contribution >= 4 is 24.0 Å². The number of likely N-dealkylation sites (tertiary alicyclic amines) is 1. The maximum Gasteiger partial charge on any atom is 0.415 e. The first-order valence-electron chi connectivity index (χ1n) is 13.2. The Hall–Kier alpha value is -3.63. The molecule has 1 unspecified atom stereocenters. The summed E-state index contributed by atoms with van der Waals surface area (Å²) in [6, 6.07) is 5.31. The summed E-state index contributed by atoms with van der Waals surface area (Å²) in [5.74, 6) is 1.70. The zero-order valence-electron chi connectivity index (χ0n) is 23.0. The van der Waals surface area contributed by atoms with Crippen molar-refractivity contribution in [3.63, 3.8) is 0 Å². The van der Waals surface area contributed by atoms with Gasteiger partial charge in [-0.1, -0.05) is 19.9 Å². The quantitative estimate of drug-likeness (QED) is 0.542. The number of nitrogens with zero attached hydrogens (tertiary/aromatic N) is 5. The van der Waals surface area contributed by atoms with Crippen LogP contribution in [0.1, 0.15) is 66.0 Å². The van der Waals surface area contributed by atoms with E-state index in [4.69, 9.17) is 14.2 Å². The van der Waals surface area contributed by atoms with Crippen LogP contribution in [0.4, 0.5) is 21.4 Å². The number of hydrogen-bond donors (Lipinski definition) is 1. The van der Waals surface area contributed by atoms with Gasteiger partial charge in [0.15, 0.2) is 0 Å². The van der Waals surface area contributed by atoms with E-state index in [-0.39, 0.29) is 30.2 Å². The van der Waals surface area contributed by atoms with Gasteiger partial charge in [0.2, 0.25) is 11.8 Å². The Morgan fingerprint density at radius 2 is 1.87 bits per heavy atom. The Kier molecular flexibility index (Phi) is 8.23. The van der Waals surface area contributed by atoms with Crippen LogP contribution in [-0.4, -0.2) is 69.5 Å². The maximum atomic E-state index is 12.3. The number of amides is 2. The van der Waals surface area contributed by atoms with Gasteiger partial charge >= 0.3 is 12.2 Å². The third kappa shape index (κ3) is 6.81. The minimum absolute atomic E-state index is 0.00864. The summed E-state index contributed by atoms with van der Waals surface area (Å²) >= 11 is 0. The second kappa shape index (κ2) is 11.4. The van der Waals surface area contributed by atoms with Gasteiger partial charge in [-0.3, -0.25) is 4.90 Å². The molecule has 0 bridgehead atoms. The summed E-state index contributed by atoms with van der Waals surface area (Å²) in [5.41, 5.74) is 0.433. The fourth-order valence-corrected chi connectivity index (χ4v) is 4.39. The molecule has 2 aliphatic rings. The molecule has 0 saturated carbocycles. The number of pyridine rings is 1. The van der Waals surface area contributed by atoms with E-state index in [0.29, 0.717) is 37.3 Å². The predicted octanol–water partition coefficient (Wildman–Crippen LogP) is 4.80. The molecule has 11 nitrogen and oxygen atoms in total. The van der Waals surface area contributed by atoms with Crippen molar-refractivity contribution < 1.29 is 23.8 Å². The second-order valence-corrected chi connectivity index (χ2v) is 11.1. The van der Waals surface area contributed by atoms with Crippen molar-refractivity contribution in [1.82, 2.24) is 19.9 Å². The number of ether oxygens (including phenoxy) is 3. The smallest absolute Gasteiger partial charge is 0.415 e. The van der Waals surface area contributed by atoms with Crippen molar-refractivity contribution in [3.05, 3.63) is 36.2 Å². The molecule has 2 aromatic rings. The standard InChI is InChI=1S/C27H38N6O5/c1-17(2)21-16-36-26(35)33(21)22-9-12-28-24(31-22)30-18(3)19-7-8-23(29-15-19)37-20-10-13-32(14-11-20)25(34)38-27(4,5)6/h7-9,12,15,17-18,20-21H,10-11,13-14,16H2,1-6H3,(H,28,30,31)/t18?,21-/m1/s1. The second-order valence-electron chi connectivity index (χ2n) is 11.1. The Morgan fingerprint density at radius 3 is 2.50 bits per heavy atom. The van der Waals surface area contributed by atoms with Crippen LogP contribution < -0.4 is 15.0 Å². The largest absolute Gasteiger partial charge is 0.474 e. The van der Waals surface area contributed by atoms with Crippen LogP contribution in [-0.2, 0) is 9.47 Å². The fourth-order valence-electron chi connectivity index (χ4n) is 4.39. The summed E-state index contributed by atoms with van der Waals surface area (Å²) in [4.78, 5) is 41.2. The first-order valence-corrected chi connectivity index (χ1v) is 13.2. The number of hydrogen-bond acceptors (Lipinski definition) is 9. The van der Waals surface area contributed by atoms with Crippen LogP contribution >= 0.6 is 0 Å². The lowest BCUT2D eigenvalue weighted by molar-refractivity contribution is 0.0123. The van der Waals surface area contributed by atoms with Crippen molar-refractivity contribution in [2.45, 2.75) is 78.2 Å². The molecule has 0 spiro atoms. The minimum atomic E-state index is -0.504. The topological polar surface area (TPSA) is 119 Å². The lowest BCUT2D eigenvalue weighted by Crippen LogP contribution is -2.44. The lowest BCUT2D eigenvalue weighted by Gasteiger charge is -2.33. The van der Waals surface area contributed by atoms with Gasteiger partial charge in [0.25, 0.3) is 0 Å². The van der Waals surface area contributed by atoms with Crippen LogP contribution in [0.15, 0.2) is 30.6 Å². The number of anilines is 2. The molecule has 2 aliphatic heterocycles. The van der Waals surface area contributed by atoms with Crippen LogP contribution in [0.3, 0.4) is 0 Å². The molecule has 11 heteroatoms. The summed E-state index contributed by atoms with van der Waals surface area (Å²) in [5, 5.41) is 3.28. The molecule has 2 amide bonds. The van der Waals surface area contributed by atoms with Gasteiger partial charge < -0.3 is 24.4 Å². The molecule has 206 valence electrons. The molecule has 0 aliphatic carbocycles. The van der Waals surface area contributed by atoms with Crippen molar-refractivity contribution in [2.24, 2.45) is 5.92 Å². The molecule has 0 aromatic carbocycles. The van der Waals surface area contributed by atoms with Gasteiger partial charge in [-0.15, -0.1) is 0 Å². The van der Waals surface area contributed by atoms with Crippen molar-refractivity contribution in [1.29, 1.82) is 0 Å². The van der Waals surface area contributed by atoms with Crippen LogP contribution in [0, 0.1) is 5.92 Å². The Bertz CT molecular complexity index is 1110. The van der Waals surface area contributed by atoms with Crippen molar-refractivity contribution in [3.8, 4) is 5.88 Å². The number of aromatic nitrogens is 3. The third-order valence-corrected chi connectivity index (χ3v) is 6.55. The number of nitrogens with one attached hydrogen (secondary N) is 1. The van der Waals surface area contributed by atoms with E-state index in [1.165, 1.54) is 0 Å². The van der Waals surface area contributed by atoms with E-state index in [0.717, 1.165) is 18.4 Å². The highest BCUT2D eigenvalue weighted by Crippen LogP contribution is 2.27. The number of rotatable bonds is 7. The van der Waals surface area contributed by atoms with Crippen LogP contribution in [0.25, 0.3) is 0 Å².